The Morgan fingerprint density at radius 2 is 1.96 bits per heavy atom. The maximum absolute atomic E-state index is 14.6. The maximum Gasteiger partial charge on any atom is 0.270 e. The van der Waals surface area contributed by atoms with Crippen molar-refractivity contribution < 1.29 is 9.18 Å². The highest BCUT2D eigenvalue weighted by atomic mass is 35.5. The molecule has 136 valence electrons. The average molecular weight is 376 g/mol. The first kappa shape index (κ1) is 18.3. The van der Waals surface area contributed by atoms with Gasteiger partial charge in [0.2, 0.25) is 5.28 Å². The van der Waals surface area contributed by atoms with Crippen molar-refractivity contribution in [3.8, 4) is 5.69 Å². The number of aromatic nitrogens is 3. The molecule has 0 saturated carbocycles. The first-order valence-electron chi connectivity index (χ1n) is 7.97. The lowest BCUT2D eigenvalue weighted by Crippen LogP contribution is -2.24. The van der Waals surface area contributed by atoms with Gasteiger partial charge in [0.25, 0.3) is 5.91 Å². The summed E-state index contributed by atoms with van der Waals surface area (Å²) >= 11 is 5.93. The van der Waals surface area contributed by atoms with Crippen molar-refractivity contribution in [3.05, 3.63) is 52.8 Å². The summed E-state index contributed by atoms with van der Waals surface area (Å²) in [5.41, 5.74) is 1.89. The Bertz CT molecular complexity index is 983. The molecule has 1 aromatic carbocycles. The second kappa shape index (κ2) is 7.01. The van der Waals surface area contributed by atoms with Gasteiger partial charge in [-0.05, 0) is 43.9 Å². The molecule has 0 fully saturated rings. The number of halogens is 2. The summed E-state index contributed by atoms with van der Waals surface area (Å²) in [5.74, 6) is -0.571. The van der Waals surface area contributed by atoms with E-state index in [1.807, 2.05) is 19.0 Å². The summed E-state index contributed by atoms with van der Waals surface area (Å²) in [5, 5.41) is 0.711. The minimum Gasteiger partial charge on any atom is -0.343 e. The number of amides is 1. The van der Waals surface area contributed by atoms with Crippen LogP contribution in [0.1, 0.15) is 16.1 Å². The van der Waals surface area contributed by atoms with Gasteiger partial charge >= 0.3 is 0 Å². The quantitative estimate of drug-likeness (QED) is 0.658. The third-order valence-corrected chi connectivity index (χ3v) is 4.10. The second-order valence-corrected chi connectivity index (χ2v) is 6.83. The van der Waals surface area contributed by atoms with Crippen LogP contribution in [0.3, 0.4) is 0 Å². The van der Waals surface area contributed by atoms with Crippen LogP contribution < -0.4 is 0 Å². The van der Waals surface area contributed by atoms with Crippen LogP contribution in [0, 0.1) is 5.82 Å². The highest BCUT2D eigenvalue weighted by molar-refractivity contribution is 6.28. The molecule has 0 unspecified atom stereocenters. The number of hydrogen-bond acceptors (Lipinski definition) is 4. The van der Waals surface area contributed by atoms with Crippen LogP contribution in [0.15, 0.2) is 30.5 Å². The highest BCUT2D eigenvalue weighted by Crippen LogP contribution is 2.26. The van der Waals surface area contributed by atoms with Crippen LogP contribution in [0.4, 0.5) is 4.39 Å². The molecule has 0 N–H and O–H groups in total. The number of rotatable bonds is 4. The molecule has 0 saturated heterocycles. The van der Waals surface area contributed by atoms with Gasteiger partial charge in [-0.15, -0.1) is 0 Å². The molecule has 2 aromatic heterocycles. The molecule has 0 bridgehead atoms. The largest absolute Gasteiger partial charge is 0.343 e. The first-order chi connectivity index (χ1) is 12.3. The van der Waals surface area contributed by atoms with Crippen LogP contribution in [0.5, 0.6) is 0 Å². The van der Waals surface area contributed by atoms with E-state index in [9.17, 15) is 9.18 Å². The smallest absolute Gasteiger partial charge is 0.270 e. The number of nitrogens with zero attached hydrogens (tertiary/aromatic N) is 5. The molecule has 3 aromatic rings. The Morgan fingerprint density at radius 3 is 2.58 bits per heavy atom. The zero-order valence-electron chi connectivity index (χ0n) is 15.0. The standard InChI is InChI=1S/C18H19ClFN5O/c1-23(2)10-11-5-6-13(8-14(11)20)25-15(17(26)24(3)4)7-12-9-21-18(19)22-16(12)25/h5-9H,10H2,1-4H3. The maximum atomic E-state index is 14.6. The van der Waals surface area contributed by atoms with Crippen molar-refractivity contribution in [2.75, 3.05) is 28.2 Å². The molecule has 0 aliphatic heterocycles. The van der Waals surface area contributed by atoms with E-state index >= 15 is 0 Å². The van der Waals surface area contributed by atoms with E-state index in [0.717, 1.165) is 0 Å². The SMILES string of the molecule is CN(C)Cc1ccc(-n2c(C(=O)N(C)C)cc3cnc(Cl)nc32)cc1F. The van der Waals surface area contributed by atoms with Crippen molar-refractivity contribution in [1.29, 1.82) is 0 Å². The second-order valence-electron chi connectivity index (χ2n) is 6.50. The third kappa shape index (κ3) is 3.40. The van der Waals surface area contributed by atoms with E-state index in [0.29, 0.717) is 34.5 Å². The normalized spacial score (nSPS) is 11.3. The fourth-order valence-electron chi connectivity index (χ4n) is 2.76. The Morgan fingerprint density at radius 1 is 1.23 bits per heavy atom. The molecule has 0 aliphatic carbocycles. The van der Waals surface area contributed by atoms with Crippen molar-refractivity contribution in [2.24, 2.45) is 0 Å². The molecule has 8 heteroatoms. The number of hydrogen-bond donors (Lipinski definition) is 0. The van der Waals surface area contributed by atoms with E-state index < -0.39 is 0 Å². The lowest BCUT2D eigenvalue weighted by molar-refractivity contribution is 0.0820. The van der Waals surface area contributed by atoms with Crippen molar-refractivity contribution >= 4 is 28.5 Å². The highest BCUT2D eigenvalue weighted by Gasteiger charge is 2.20. The van der Waals surface area contributed by atoms with E-state index in [4.69, 9.17) is 11.6 Å². The first-order valence-corrected chi connectivity index (χ1v) is 8.35. The molecule has 3 rings (SSSR count). The summed E-state index contributed by atoms with van der Waals surface area (Å²) in [6, 6.07) is 6.56. The van der Waals surface area contributed by atoms with Gasteiger partial charge in [0.15, 0.2) is 0 Å². The fourth-order valence-corrected chi connectivity index (χ4v) is 2.89. The van der Waals surface area contributed by atoms with Gasteiger partial charge in [-0.1, -0.05) is 6.07 Å². The zero-order chi connectivity index (χ0) is 19.0. The van der Waals surface area contributed by atoms with Crippen molar-refractivity contribution in [2.45, 2.75) is 6.54 Å². The molecule has 0 spiro atoms. The minimum absolute atomic E-state index is 0.0606. The van der Waals surface area contributed by atoms with Gasteiger partial charge < -0.3 is 9.80 Å². The Labute approximate surface area is 155 Å². The number of benzene rings is 1. The summed E-state index contributed by atoms with van der Waals surface area (Å²) in [7, 11) is 7.06. The predicted molar refractivity (Wildman–Crippen MR) is 99.2 cm³/mol. The van der Waals surface area contributed by atoms with Crippen LogP contribution in [-0.2, 0) is 6.54 Å². The Balaban J connectivity index is 2.22. The molecule has 0 atom stereocenters. The zero-order valence-corrected chi connectivity index (χ0v) is 15.8. The topological polar surface area (TPSA) is 54.3 Å². The van der Waals surface area contributed by atoms with Crippen LogP contribution in [0.25, 0.3) is 16.7 Å². The van der Waals surface area contributed by atoms with E-state index in [-0.39, 0.29) is 17.0 Å². The Hall–Kier alpha value is -2.51. The summed E-state index contributed by atoms with van der Waals surface area (Å²) < 4.78 is 16.2. The summed E-state index contributed by atoms with van der Waals surface area (Å²) in [4.78, 5) is 24.1. The van der Waals surface area contributed by atoms with Crippen LogP contribution in [-0.4, -0.2) is 58.4 Å². The van der Waals surface area contributed by atoms with E-state index in [1.165, 1.54) is 11.0 Å². The molecule has 0 aliphatic rings. The van der Waals surface area contributed by atoms with Gasteiger partial charge in [0.1, 0.15) is 17.2 Å². The van der Waals surface area contributed by atoms with Crippen molar-refractivity contribution in [1.82, 2.24) is 24.3 Å². The van der Waals surface area contributed by atoms with Gasteiger partial charge in [-0.2, -0.15) is 4.98 Å². The lowest BCUT2D eigenvalue weighted by atomic mass is 10.1. The Kier molecular flexibility index (Phi) is 4.93. The van der Waals surface area contributed by atoms with Crippen LogP contribution >= 0.6 is 11.6 Å². The number of carbonyl (C=O) groups excluding carboxylic acids is 1. The van der Waals surface area contributed by atoms with Gasteiger partial charge in [-0.3, -0.25) is 9.36 Å². The molecule has 6 nitrogen and oxygen atoms in total. The van der Waals surface area contributed by atoms with E-state index in [2.05, 4.69) is 9.97 Å². The van der Waals surface area contributed by atoms with Gasteiger partial charge in [0, 0.05) is 37.8 Å². The van der Waals surface area contributed by atoms with Gasteiger partial charge in [-0.25, -0.2) is 9.37 Å². The number of fused-ring (bicyclic) bond motifs is 1. The lowest BCUT2D eigenvalue weighted by Gasteiger charge is -2.15. The molecular formula is C18H19ClFN5O. The molecule has 26 heavy (non-hydrogen) atoms. The number of carbonyl (C=O) groups is 1. The summed E-state index contributed by atoms with van der Waals surface area (Å²) in [6.45, 7) is 0.482. The summed E-state index contributed by atoms with van der Waals surface area (Å²) in [6.07, 6.45) is 1.55. The van der Waals surface area contributed by atoms with E-state index in [1.54, 1.807) is 43.1 Å². The molecular weight excluding hydrogens is 357 g/mol. The predicted octanol–water partition coefficient (Wildman–Crippen LogP) is 2.98. The monoisotopic (exact) mass is 375 g/mol. The molecule has 0 radical (unpaired) electrons. The average Bonchev–Trinajstić information content (AvgIpc) is 2.94. The molecule has 2 heterocycles. The molecule has 1 amide bonds. The van der Waals surface area contributed by atoms with Gasteiger partial charge in [0.05, 0.1) is 5.69 Å². The minimum atomic E-state index is -0.346. The van der Waals surface area contributed by atoms with Crippen LogP contribution in [0.2, 0.25) is 5.28 Å². The third-order valence-electron chi connectivity index (χ3n) is 3.92. The fraction of sp³-hybridized carbons (Fsp3) is 0.278. The van der Waals surface area contributed by atoms with Crippen molar-refractivity contribution in [3.63, 3.8) is 0 Å².